The van der Waals surface area contributed by atoms with Crippen LogP contribution in [-0.4, -0.2) is 323 Å². The number of unbranched alkanes of at least 4 members (excludes halogenated alkanes) is 2. The number of likely N-dealkylation sites (N-methyl/N-ethyl adjacent to an activating group) is 3. The van der Waals surface area contributed by atoms with Crippen LogP contribution in [0.3, 0.4) is 0 Å². The number of primary amides is 2. The van der Waals surface area contributed by atoms with E-state index in [1.165, 1.54) is 74.7 Å². The second-order valence-electron chi connectivity index (χ2n) is 34.2. The quantitative estimate of drug-likeness (QED) is 0.0230. The highest BCUT2D eigenvalue weighted by Crippen LogP contribution is 2.27. The lowest BCUT2D eigenvalue weighted by Gasteiger charge is -2.36. The Kier molecular flexibility index (Phi) is 40.8. The van der Waals surface area contributed by atoms with Crippen LogP contribution in [0.5, 0.6) is 5.75 Å². The van der Waals surface area contributed by atoms with Gasteiger partial charge in [0, 0.05) is 131 Å². The first-order chi connectivity index (χ1) is 64.2. The van der Waals surface area contributed by atoms with Gasteiger partial charge in [-0.15, -0.1) is 11.8 Å². The molecule has 0 unspecified atom stereocenters. The minimum Gasteiger partial charge on any atom is -0.508 e. The number of aliphatic hydroxyl groups is 1. The second kappa shape index (κ2) is 51.6. The zero-order chi connectivity index (χ0) is 99.0. The summed E-state index contributed by atoms with van der Waals surface area (Å²) in [5, 5.41) is 59.2. The fourth-order valence-corrected chi connectivity index (χ4v) is 16.9. The zero-order valence-electron chi connectivity index (χ0n) is 77.0. The van der Waals surface area contributed by atoms with Gasteiger partial charge in [0.2, 0.25) is 100 Å². The number of rotatable bonds is 28. The van der Waals surface area contributed by atoms with Crippen molar-refractivity contribution in [3.63, 3.8) is 0 Å². The van der Waals surface area contributed by atoms with Crippen molar-refractivity contribution in [3.8, 4) is 5.75 Å². The Morgan fingerprint density at radius 3 is 1.67 bits per heavy atom. The van der Waals surface area contributed by atoms with Gasteiger partial charge in [0.25, 0.3) is 0 Å². The molecule has 8 rings (SSSR count). The number of fused-ring (bicyclic) bond motifs is 3. The van der Waals surface area contributed by atoms with E-state index in [0.717, 1.165) is 26.5 Å². The molecule has 0 spiro atoms. The number of nitrogens with one attached hydrogen (secondary N) is 13. The van der Waals surface area contributed by atoms with E-state index in [-0.39, 0.29) is 75.4 Å². The molecule has 17 amide bonds. The molecule has 3 aromatic carbocycles. The number of hydrogen-bond donors (Lipinski definition) is 20. The van der Waals surface area contributed by atoms with Crippen molar-refractivity contribution in [1.29, 1.82) is 0 Å². The Balaban J connectivity index is 1.21. The standard InChI is InChI=1S/C90H127N23O21S/c1-9-11-21-70-84(128)104-63(33-49(3)4)81(125)108-69(79(123)98-43-74(94)117)46-135-47-76(119)101-66(34-51-23-25-55(114)26-24-51)86(130)109(6)50(5)78(122)106-68(39-73(93)116)88(132)112(32-31-92)45-75(118)100-65(37-54-42-95-48-99-54)83(127)103-62(27-28-77(120)121)89(133)113-44-56(115)38-72(113)85(129)105-64(35-52-40-96-59-19-15-13-17-57(52)59)82(126)102-61(29-30-91)80(124)107-67(36-53-41-97-60-20-16-14-18-58(53)60)87(131)111(8)71(22-12-10-2)90(134)110(70)7/h13-20,23-26,40-42,48-50,56,61-72,96-97,114-115H,9-12,21-22,27-39,43-47,91-92H2,1-8H3,(H2,93,116)(H2,94,117)(H,95,99)(H,98,123)(H,100,118)(H,101,119)(H,102,126)(H,103,127)(H,104,128)(H,105,129)(H,106,122)(H,107,124)(H,108,125)(H,120,121)/t50-,56+,61-,62-,63-,64-,65-,66-,67-,68-,69-,70-,71-,72-/m0/s1. The molecule has 0 bridgehead atoms. The summed E-state index contributed by atoms with van der Waals surface area (Å²) < 4.78 is 0. The van der Waals surface area contributed by atoms with E-state index < -0.39 is 261 Å². The zero-order valence-corrected chi connectivity index (χ0v) is 77.8. The number of hydrogen-bond acceptors (Lipinski definition) is 24. The van der Waals surface area contributed by atoms with Gasteiger partial charge in [-0.25, -0.2) is 4.98 Å². The van der Waals surface area contributed by atoms with Crippen LogP contribution in [0.4, 0.5) is 0 Å². The Hall–Kier alpha value is -13.6. The van der Waals surface area contributed by atoms with Gasteiger partial charge in [-0.2, -0.15) is 0 Å². The highest BCUT2D eigenvalue weighted by atomic mass is 32.2. The molecular formula is C90H127N23O21S. The number of carboxylic acid groups (broad SMARTS) is 1. The molecule has 5 heterocycles. The Bertz CT molecular complexity index is 5170. The molecule has 14 atom stereocenters. The fraction of sp³-hybridized carbons (Fsp3) is 0.522. The summed E-state index contributed by atoms with van der Waals surface area (Å²) in [6.07, 6.45) is 1.59. The van der Waals surface area contributed by atoms with Crippen molar-refractivity contribution >= 4 is 140 Å². The maximum atomic E-state index is 15.8. The number of amides is 17. The van der Waals surface area contributed by atoms with E-state index in [1.54, 1.807) is 74.8 Å². The van der Waals surface area contributed by atoms with Gasteiger partial charge < -0.3 is 131 Å². The number of imidazole rings is 1. The number of aromatic amines is 3. The number of thioether (sulfide) groups is 1. The molecule has 24 N–H and O–H groups in total. The van der Waals surface area contributed by atoms with E-state index in [9.17, 15) is 68.1 Å². The number of aromatic nitrogens is 4. The fourth-order valence-electron chi connectivity index (χ4n) is 16.1. The summed E-state index contributed by atoms with van der Waals surface area (Å²) >= 11 is 0.777. The Morgan fingerprint density at radius 2 is 1.09 bits per heavy atom. The molecule has 2 aliphatic heterocycles. The molecule has 2 aliphatic rings. The Morgan fingerprint density at radius 1 is 0.548 bits per heavy atom. The van der Waals surface area contributed by atoms with Crippen LogP contribution >= 0.6 is 11.8 Å². The number of carbonyl (C=O) groups is 18. The number of aliphatic hydroxyl groups excluding tert-OH is 1. The van der Waals surface area contributed by atoms with Crippen LogP contribution in [0.2, 0.25) is 0 Å². The van der Waals surface area contributed by atoms with Crippen molar-refractivity contribution in [2.75, 3.05) is 71.9 Å². The number of nitrogens with two attached hydrogens (primary N) is 4. The molecule has 135 heavy (non-hydrogen) atoms. The van der Waals surface area contributed by atoms with Gasteiger partial charge in [0.05, 0.1) is 37.7 Å². The number of para-hydroxylation sites is 2. The normalized spacial score (nSPS) is 23.8. The number of benzene rings is 3. The molecule has 2 fully saturated rings. The van der Waals surface area contributed by atoms with E-state index in [0.29, 0.717) is 64.2 Å². The van der Waals surface area contributed by atoms with Crippen molar-refractivity contribution < 1.29 is 102 Å². The summed E-state index contributed by atoms with van der Waals surface area (Å²) in [5.41, 5.74) is 26.2. The molecule has 3 aromatic heterocycles. The lowest BCUT2D eigenvalue weighted by atomic mass is 9.99. The monoisotopic (exact) mass is 1900 g/mol. The lowest BCUT2D eigenvalue weighted by Crippen LogP contribution is -2.61. The van der Waals surface area contributed by atoms with Crippen LogP contribution < -0.4 is 76.1 Å². The number of carboxylic acids is 1. The molecule has 2 saturated heterocycles. The van der Waals surface area contributed by atoms with Gasteiger partial charge in [-0.05, 0) is 92.4 Å². The number of aromatic hydroxyl groups is 1. The lowest BCUT2D eigenvalue weighted by molar-refractivity contribution is -0.149. The number of H-pyrrole nitrogens is 3. The van der Waals surface area contributed by atoms with Crippen LogP contribution in [0.25, 0.3) is 21.8 Å². The van der Waals surface area contributed by atoms with Gasteiger partial charge in [0.1, 0.15) is 84.3 Å². The third-order valence-electron chi connectivity index (χ3n) is 23.5. The van der Waals surface area contributed by atoms with E-state index in [4.69, 9.17) is 22.9 Å². The first-order valence-electron chi connectivity index (χ1n) is 44.9. The topological polar surface area (TPSA) is 669 Å². The third kappa shape index (κ3) is 31.0. The summed E-state index contributed by atoms with van der Waals surface area (Å²) in [7, 11) is 3.93. The first kappa shape index (κ1) is 107. The maximum Gasteiger partial charge on any atom is 0.303 e. The van der Waals surface area contributed by atoms with Gasteiger partial charge in [-0.1, -0.05) is 102 Å². The van der Waals surface area contributed by atoms with E-state index in [2.05, 4.69) is 73.1 Å². The molecule has 0 saturated carbocycles. The molecular weight excluding hydrogens is 1770 g/mol. The smallest absolute Gasteiger partial charge is 0.303 e. The summed E-state index contributed by atoms with van der Waals surface area (Å²) in [4.78, 5) is 280. The second-order valence-corrected chi connectivity index (χ2v) is 35.3. The summed E-state index contributed by atoms with van der Waals surface area (Å²) in [6, 6.07) is -1.14. The predicted molar refractivity (Wildman–Crippen MR) is 495 cm³/mol. The minimum atomic E-state index is -1.89. The molecule has 44 nitrogen and oxygen atoms in total. The molecule has 734 valence electrons. The van der Waals surface area contributed by atoms with Crippen LogP contribution in [0, 0.1) is 5.92 Å². The van der Waals surface area contributed by atoms with Crippen LogP contribution in [0.1, 0.15) is 134 Å². The largest absolute Gasteiger partial charge is 0.508 e. The molecule has 0 aliphatic carbocycles. The minimum absolute atomic E-state index is 0.0183. The Labute approximate surface area is 784 Å². The van der Waals surface area contributed by atoms with Crippen molar-refractivity contribution in [2.24, 2.45) is 28.9 Å². The number of aliphatic carboxylic acids is 1. The number of carbonyl (C=O) groups excluding carboxylic acids is 17. The van der Waals surface area contributed by atoms with Crippen molar-refractivity contribution in [1.82, 2.24) is 97.6 Å². The maximum absolute atomic E-state index is 15.8. The molecule has 45 heteroatoms. The van der Waals surface area contributed by atoms with Crippen LogP contribution in [-0.2, 0) is 112 Å². The molecule has 6 aromatic rings. The number of phenols is 1. The summed E-state index contributed by atoms with van der Waals surface area (Å²) in [6.45, 7) is 5.11. The van der Waals surface area contributed by atoms with Crippen molar-refractivity contribution in [3.05, 3.63) is 120 Å². The number of phenolic OH excluding ortho intramolecular Hbond substituents is 1. The van der Waals surface area contributed by atoms with E-state index >= 15 is 33.6 Å². The van der Waals surface area contributed by atoms with E-state index in [1.807, 2.05) is 13.8 Å². The van der Waals surface area contributed by atoms with Gasteiger partial charge in [0.15, 0.2) is 0 Å². The van der Waals surface area contributed by atoms with Crippen LogP contribution in [0.15, 0.2) is 97.7 Å². The van der Waals surface area contributed by atoms with Gasteiger partial charge in [-0.3, -0.25) is 86.3 Å². The summed E-state index contributed by atoms with van der Waals surface area (Å²) in [5.74, 6) is -19.6. The number of nitrogens with zero attached hydrogens (tertiary/aromatic N) is 6. The SMILES string of the molecule is CCCC[C@H]1C(=O)N(C)[C@@H](CCCC)C(=O)N[C@@H](CC(C)C)C(=O)N[C@H](C(=O)NCC(N)=O)CSCC(=O)N[C@@H](Cc2ccc(O)cc2)C(=O)N(C)[C@@H](C)C(=O)N[C@@H](CC(N)=O)C(=O)N(CCN)CC(=O)N[C@@H](Cc2cnc[nH]2)C(=O)N[C@@H](CCC(=O)O)C(=O)N2C[C@H](O)C[C@H]2C(=O)N[C@@H](Cc2c[nH]c3ccccc23)C(=O)N[C@@H](CCN)C(=O)N[C@@H](Cc2c[nH]c3ccccc23)C(=O)N1C. The van der Waals surface area contributed by atoms with Gasteiger partial charge >= 0.3 is 5.97 Å². The first-order valence-corrected chi connectivity index (χ1v) is 46.1. The van der Waals surface area contributed by atoms with Crippen molar-refractivity contribution in [2.45, 2.75) is 222 Å². The molecule has 0 radical (unpaired) electrons. The average Bonchev–Trinajstić information content (AvgIpc) is 1.73. The third-order valence-corrected chi connectivity index (χ3v) is 24.5. The highest BCUT2D eigenvalue weighted by molar-refractivity contribution is 8.00. The predicted octanol–water partition coefficient (Wildman–Crippen LogP) is -3.17. The average molecular weight is 1900 g/mol. The highest BCUT2D eigenvalue weighted by Gasteiger charge is 2.46.